The van der Waals surface area contributed by atoms with Crippen LogP contribution in [-0.2, 0) is 11.3 Å². The lowest BCUT2D eigenvalue weighted by Gasteiger charge is -2.30. The molecule has 0 aliphatic carbocycles. The topological polar surface area (TPSA) is 56.1 Å². The fourth-order valence-corrected chi connectivity index (χ4v) is 3.93. The second-order valence-electron chi connectivity index (χ2n) is 5.91. The molecule has 0 fully saturated rings. The molecular formula is C19H19N5OS. The molecule has 0 atom stereocenters. The molecule has 4 rings (SSSR count). The van der Waals surface area contributed by atoms with Crippen LogP contribution < -0.4 is 4.90 Å². The van der Waals surface area contributed by atoms with E-state index in [1.807, 2.05) is 31.6 Å². The number of hydrogen-bond acceptors (Lipinski definition) is 6. The molecule has 3 aromatic rings. The monoisotopic (exact) mass is 365 g/mol. The third-order valence-corrected chi connectivity index (χ3v) is 5.08. The summed E-state index contributed by atoms with van der Waals surface area (Å²) in [6, 6.07) is 6.47. The van der Waals surface area contributed by atoms with Gasteiger partial charge in [-0.25, -0.2) is 15.0 Å². The van der Waals surface area contributed by atoms with Gasteiger partial charge in [0.25, 0.3) is 0 Å². The lowest BCUT2D eigenvalue weighted by Crippen LogP contribution is -2.24. The highest BCUT2D eigenvalue weighted by Gasteiger charge is 2.25. The number of ether oxygens (including phenoxy) is 1. The summed E-state index contributed by atoms with van der Waals surface area (Å²) >= 11 is 1.64. The maximum atomic E-state index is 5.41. The normalized spacial score (nSPS) is 13.1. The summed E-state index contributed by atoms with van der Waals surface area (Å²) in [7, 11) is 1.69. The number of allylic oxidation sites excluding steroid dienone is 1. The SMILES string of the molecule is C/C=C/c1cn(Cc2ccc3c(c2)N(COC)c2nccnc2S3)cn1. The highest BCUT2D eigenvalue weighted by Crippen LogP contribution is 2.46. The first kappa shape index (κ1) is 16.8. The number of fused-ring (bicyclic) bond motifs is 2. The van der Waals surface area contributed by atoms with Crippen molar-refractivity contribution in [3.05, 3.63) is 60.5 Å². The fraction of sp³-hybridized carbons (Fsp3) is 0.211. The summed E-state index contributed by atoms with van der Waals surface area (Å²) < 4.78 is 7.49. The Kier molecular flexibility index (Phi) is 4.73. The minimum absolute atomic E-state index is 0.430. The molecular weight excluding hydrogens is 346 g/mol. The molecule has 26 heavy (non-hydrogen) atoms. The largest absolute Gasteiger partial charge is 0.364 e. The molecule has 1 aliphatic heterocycles. The predicted octanol–water partition coefficient (Wildman–Crippen LogP) is 3.96. The maximum absolute atomic E-state index is 5.41. The van der Waals surface area contributed by atoms with Crippen molar-refractivity contribution in [1.29, 1.82) is 0 Å². The maximum Gasteiger partial charge on any atom is 0.168 e. The van der Waals surface area contributed by atoms with Gasteiger partial charge in [-0.1, -0.05) is 23.9 Å². The highest BCUT2D eigenvalue weighted by molar-refractivity contribution is 7.99. The molecule has 6 nitrogen and oxygen atoms in total. The number of rotatable bonds is 5. The van der Waals surface area contributed by atoms with Gasteiger partial charge in [0.2, 0.25) is 0 Å². The Morgan fingerprint density at radius 1 is 1.19 bits per heavy atom. The van der Waals surface area contributed by atoms with Crippen LogP contribution in [0.3, 0.4) is 0 Å². The van der Waals surface area contributed by atoms with E-state index >= 15 is 0 Å². The van der Waals surface area contributed by atoms with Gasteiger partial charge in [-0.15, -0.1) is 0 Å². The number of aromatic nitrogens is 4. The van der Waals surface area contributed by atoms with Crippen molar-refractivity contribution in [2.45, 2.75) is 23.4 Å². The molecule has 2 aromatic heterocycles. The second-order valence-corrected chi connectivity index (χ2v) is 6.94. The van der Waals surface area contributed by atoms with E-state index < -0.39 is 0 Å². The zero-order valence-electron chi connectivity index (χ0n) is 14.7. The fourth-order valence-electron chi connectivity index (χ4n) is 2.94. The van der Waals surface area contributed by atoms with Gasteiger partial charge in [-0.05, 0) is 30.7 Å². The van der Waals surface area contributed by atoms with Crippen LogP contribution in [0.15, 0.2) is 59.1 Å². The van der Waals surface area contributed by atoms with Gasteiger partial charge in [0.15, 0.2) is 5.82 Å². The second kappa shape index (κ2) is 7.31. The Labute approximate surface area is 156 Å². The molecule has 0 saturated heterocycles. The molecule has 1 aliphatic rings. The van der Waals surface area contributed by atoms with E-state index in [9.17, 15) is 0 Å². The van der Waals surface area contributed by atoms with Crippen molar-refractivity contribution in [2.75, 3.05) is 18.7 Å². The van der Waals surface area contributed by atoms with Crippen molar-refractivity contribution in [1.82, 2.24) is 19.5 Å². The average Bonchev–Trinajstić information content (AvgIpc) is 3.09. The molecule has 0 radical (unpaired) electrons. The van der Waals surface area contributed by atoms with E-state index in [2.05, 4.69) is 42.6 Å². The minimum Gasteiger partial charge on any atom is -0.364 e. The van der Waals surface area contributed by atoms with Gasteiger partial charge in [0, 0.05) is 37.1 Å². The van der Waals surface area contributed by atoms with Gasteiger partial charge >= 0.3 is 0 Å². The molecule has 0 unspecified atom stereocenters. The van der Waals surface area contributed by atoms with Crippen molar-refractivity contribution >= 4 is 29.3 Å². The van der Waals surface area contributed by atoms with Crippen LogP contribution in [0.25, 0.3) is 6.08 Å². The zero-order valence-corrected chi connectivity index (χ0v) is 15.5. The first-order valence-corrected chi connectivity index (χ1v) is 9.13. The van der Waals surface area contributed by atoms with E-state index in [0.717, 1.165) is 33.7 Å². The molecule has 3 heterocycles. The summed E-state index contributed by atoms with van der Waals surface area (Å²) in [4.78, 5) is 16.5. The van der Waals surface area contributed by atoms with Crippen LogP contribution in [0.4, 0.5) is 11.5 Å². The van der Waals surface area contributed by atoms with Crippen molar-refractivity contribution in [2.24, 2.45) is 0 Å². The number of methoxy groups -OCH3 is 1. The predicted molar refractivity (Wildman–Crippen MR) is 103 cm³/mol. The Morgan fingerprint density at radius 2 is 2.08 bits per heavy atom. The van der Waals surface area contributed by atoms with Crippen molar-refractivity contribution in [3.63, 3.8) is 0 Å². The first-order chi connectivity index (χ1) is 12.8. The number of anilines is 2. The zero-order chi connectivity index (χ0) is 17.9. The van der Waals surface area contributed by atoms with Crippen molar-refractivity contribution in [3.8, 4) is 0 Å². The van der Waals surface area contributed by atoms with Crippen LogP contribution in [0.1, 0.15) is 18.2 Å². The van der Waals surface area contributed by atoms with Crippen LogP contribution >= 0.6 is 11.8 Å². The molecule has 1 aromatic carbocycles. The Balaban J connectivity index is 1.66. The van der Waals surface area contributed by atoms with E-state index in [-0.39, 0.29) is 0 Å². The number of nitrogens with zero attached hydrogens (tertiary/aromatic N) is 5. The molecule has 7 heteroatoms. The third-order valence-electron chi connectivity index (χ3n) is 4.04. The van der Waals surface area contributed by atoms with Gasteiger partial charge in [0.05, 0.1) is 17.7 Å². The van der Waals surface area contributed by atoms with Gasteiger partial charge in [-0.3, -0.25) is 4.90 Å². The molecule has 0 N–H and O–H groups in total. The summed E-state index contributed by atoms with van der Waals surface area (Å²) in [6.07, 6.45) is 11.3. The molecule has 132 valence electrons. The van der Waals surface area contributed by atoms with Crippen LogP contribution in [0.2, 0.25) is 0 Å². The van der Waals surface area contributed by atoms with E-state index in [4.69, 9.17) is 4.74 Å². The van der Waals surface area contributed by atoms with Crippen LogP contribution in [0, 0.1) is 0 Å². The van der Waals surface area contributed by atoms with E-state index in [1.54, 1.807) is 31.3 Å². The Hall–Kier alpha value is -2.64. The van der Waals surface area contributed by atoms with Crippen LogP contribution in [-0.4, -0.2) is 33.4 Å². The molecule has 0 spiro atoms. The number of imidazole rings is 1. The standard InChI is InChI=1S/C19H19N5OS/c1-3-4-15-11-23(12-22-15)10-14-5-6-17-16(9-14)24(13-25-2)18-19(26-17)21-8-7-20-18/h3-9,11-12H,10,13H2,1-2H3/b4-3+. The summed E-state index contributed by atoms with van der Waals surface area (Å²) in [6.45, 7) is 3.18. The molecule has 0 amide bonds. The smallest absolute Gasteiger partial charge is 0.168 e. The van der Waals surface area contributed by atoms with Gasteiger partial charge < -0.3 is 9.30 Å². The van der Waals surface area contributed by atoms with Gasteiger partial charge in [-0.2, -0.15) is 0 Å². The number of hydrogen-bond donors (Lipinski definition) is 0. The average molecular weight is 365 g/mol. The quantitative estimate of drug-likeness (QED) is 0.682. The highest BCUT2D eigenvalue weighted by atomic mass is 32.2. The first-order valence-electron chi connectivity index (χ1n) is 8.31. The summed E-state index contributed by atoms with van der Waals surface area (Å²) in [5.41, 5.74) is 3.25. The summed E-state index contributed by atoms with van der Waals surface area (Å²) in [5, 5.41) is 0.899. The molecule has 0 saturated carbocycles. The van der Waals surface area contributed by atoms with Crippen LogP contribution in [0.5, 0.6) is 0 Å². The van der Waals surface area contributed by atoms with Crippen molar-refractivity contribution < 1.29 is 4.74 Å². The third kappa shape index (κ3) is 3.23. The van der Waals surface area contributed by atoms with E-state index in [0.29, 0.717) is 6.73 Å². The lowest BCUT2D eigenvalue weighted by atomic mass is 10.2. The Bertz CT molecular complexity index is 953. The minimum atomic E-state index is 0.430. The Morgan fingerprint density at radius 3 is 2.92 bits per heavy atom. The number of benzene rings is 1. The van der Waals surface area contributed by atoms with E-state index in [1.165, 1.54) is 5.56 Å². The summed E-state index contributed by atoms with van der Waals surface area (Å²) in [5.74, 6) is 0.835. The van der Waals surface area contributed by atoms with Gasteiger partial charge in [0.1, 0.15) is 11.8 Å². The molecule has 0 bridgehead atoms. The lowest BCUT2D eigenvalue weighted by molar-refractivity contribution is 0.204.